The second-order valence-corrected chi connectivity index (χ2v) is 6.77. The number of nitrogens with zero attached hydrogens (tertiary/aromatic N) is 1. The molecule has 0 saturated heterocycles. The van der Waals surface area contributed by atoms with Crippen LogP contribution in [0.2, 0.25) is 0 Å². The SMILES string of the molecule is CC(CO)N(C)C(=O)c1ccc(C(=O)NCC(C)(C)C)cc1. The van der Waals surface area contributed by atoms with E-state index >= 15 is 0 Å². The molecule has 1 rings (SSSR count). The molecule has 0 heterocycles. The van der Waals surface area contributed by atoms with Crippen LogP contribution in [0.3, 0.4) is 0 Å². The summed E-state index contributed by atoms with van der Waals surface area (Å²) in [5.74, 6) is -0.325. The second kappa shape index (κ2) is 7.40. The molecule has 0 aliphatic carbocycles. The van der Waals surface area contributed by atoms with Gasteiger partial charge in [0.1, 0.15) is 0 Å². The number of hydrogen-bond acceptors (Lipinski definition) is 3. The molecule has 0 aliphatic heterocycles. The molecule has 1 aromatic carbocycles. The van der Waals surface area contributed by atoms with Crippen LogP contribution >= 0.6 is 0 Å². The number of carbonyl (C=O) groups excluding carboxylic acids is 2. The third-order valence-electron chi connectivity index (χ3n) is 3.42. The fraction of sp³-hybridized carbons (Fsp3) is 0.529. The van der Waals surface area contributed by atoms with Crippen LogP contribution in [0.25, 0.3) is 0 Å². The van der Waals surface area contributed by atoms with Crippen molar-refractivity contribution in [3.05, 3.63) is 35.4 Å². The Morgan fingerprint density at radius 1 is 1.18 bits per heavy atom. The third kappa shape index (κ3) is 5.15. The molecule has 1 aromatic rings. The van der Waals surface area contributed by atoms with Crippen molar-refractivity contribution in [1.82, 2.24) is 10.2 Å². The molecule has 22 heavy (non-hydrogen) atoms. The van der Waals surface area contributed by atoms with Gasteiger partial charge < -0.3 is 15.3 Å². The number of carbonyl (C=O) groups is 2. The molecule has 0 radical (unpaired) electrons. The first-order valence-electron chi connectivity index (χ1n) is 7.42. The normalized spacial score (nSPS) is 12.6. The van der Waals surface area contributed by atoms with Crippen molar-refractivity contribution in [3.8, 4) is 0 Å². The first-order chi connectivity index (χ1) is 10.2. The quantitative estimate of drug-likeness (QED) is 0.873. The Balaban J connectivity index is 2.74. The Hall–Kier alpha value is -1.88. The van der Waals surface area contributed by atoms with Crippen LogP contribution in [0.1, 0.15) is 48.4 Å². The van der Waals surface area contributed by atoms with Gasteiger partial charge in [-0.2, -0.15) is 0 Å². The van der Waals surface area contributed by atoms with Gasteiger partial charge in [0.25, 0.3) is 11.8 Å². The van der Waals surface area contributed by atoms with Gasteiger partial charge in [0, 0.05) is 24.7 Å². The van der Waals surface area contributed by atoms with E-state index in [-0.39, 0.29) is 29.9 Å². The minimum atomic E-state index is -0.248. The summed E-state index contributed by atoms with van der Waals surface area (Å²) < 4.78 is 0. The molecule has 5 heteroatoms. The standard InChI is InChI=1S/C17H26N2O3/c1-12(10-20)19(5)16(22)14-8-6-13(7-9-14)15(21)18-11-17(2,3)4/h6-9,12,20H,10-11H2,1-5H3,(H,18,21). The van der Waals surface area contributed by atoms with E-state index in [1.165, 1.54) is 4.90 Å². The first kappa shape index (κ1) is 18.2. The summed E-state index contributed by atoms with van der Waals surface area (Å²) in [6.45, 7) is 8.42. The number of amides is 2. The minimum absolute atomic E-state index is 0.0225. The Morgan fingerprint density at radius 2 is 1.68 bits per heavy atom. The number of likely N-dealkylation sites (N-methyl/N-ethyl adjacent to an activating group) is 1. The molecule has 0 spiro atoms. The van der Waals surface area contributed by atoms with E-state index in [1.54, 1.807) is 38.2 Å². The lowest BCUT2D eigenvalue weighted by atomic mass is 9.97. The molecule has 122 valence electrons. The minimum Gasteiger partial charge on any atom is -0.394 e. The molecule has 0 bridgehead atoms. The zero-order valence-corrected chi connectivity index (χ0v) is 14.0. The van der Waals surface area contributed by atoms with Gasteiger partial charge in [-0.3, -0.25) is 9.59 Å². The number of aliphatic hydroxyl groups is 1. The zero-order chi connectivity index (χ0) is 16.9. The van der Waals surface area contributed by atoms with E-state index in [4.69, 9.17) is 5.11 Å². The molecule has 2 N–H and O–H groups in total. The predicted octanol–water partition coefficient (Wildman–Crippen LogP) is 1.92. The van der Waals surface area contributed by atoms with E-state index in [9.17, 15) is 9.59 Å². The lowest BCUT2D eigenvalue weighted by Crippen LogP contribution is -2.37. The zero-order valence-electron chi connectivity index (χ0n) is 14.0. The molecular formula is C17H26N2O3. The number of aliphatic hydroxyl groups excluding tert-OH is 1. The summed E-state index contributed by atoms with van der Waals surface area (Å²) in [5, 5.41) is 12.0. The van der Waals surface area contributed by atoms with Crippen molar-refractivity contribution in [2.24, 2.45) is 5.41 Å². The number of hydrogen-bond donors (Lipinski definition) is 2. The molecule has 0 fully saturated rings. The fourth-order valence-corrected chi connectivity index (χ4v) is 1.74. The molecule has 0 aliphatic rings. The summed E-state index contributed by atoms with van der Waals surface area (Å²) in [7, 11) is 1.65. The lowest BCUT2D eigenvalue weighted by molar-refractivity contribution is 0.0682. The summed E-state index contributed by atoms with van der Waals surface area (Å²) >= 11 is 0. The molecule has 1 atom stereocenters. The van der Waals surface area contributed by atoms with Crippen molar-refractivity contribution in [2.45, 2.75) is 33.7 Å². The topological polar surface area (TPSA) is 69.6 Å². The number of benzene rings is 1. The van der Waals surface area contributed by atoms with Gasteiger partial charge in [0.15, 0.2) is 0 Å². The van der Waals surface area contributed by atoms with E-state index in [2.05, 4.69) is 5.32 Å². The highest BCUT2D eigenvalue weighted by Crippen LogP contribution is 2.12. The Kier molecular flexibility index (Phi) is 6.11. The molecular weight excluding hydrogens is 280 g/mol. The van der Waals surface area contributed by atoms with Gasteiger partial charge in [0.2, 0.25) is 0 Å². The maximum absolute atomic E-state index is 12.2. The van der Waals surface area contributed by atoms with Crippen molar-refractivity contribution >= 4 is 11.8 Å². The number of nitrogens with one attached hydrogen (secondary N) is 1. The monoisotopic (exact) mass is 306 g/mol. The summed E-state index contributed by atoms with van der Waals surface area (Å²) in [6.07, 6.45) is 0. The molecule has 0 aromatic heterocycles. The summed E-state index contributed by atoms with van der Waals surface area (Å²) in [5.41, 5.74) is 1.04. The first-order valence-corrected chi connectivity index (χ1v) is 7.42. The summed E-state index contributed by atoms with van der Waals surface area (Å²) in [6, 6.07) is 6.30. The molecule has 2 amide bonds. The van der Waals surface area contributed by atoms with E-state index in [1.807, 2.05) is 20.8 Å². The maximum atomic E-state index is 12.2. The van der Waals surface area contributed by atoms with Gasteiger partial charge in [-0.15, -0.1) is 0 Å². The van der Waals surface area contributed by atoms with Gasteiger partial charge in [-0.1, -0.05) is 20.8 Å². The van der Waals surface area contributed by atoms with Crippen LogP contribution in [0.15, 0.2) is 24.3 Å². The smallest absolute Gasteiger partial charge is 0.253 e. The predicted molar refractivity (Wildman–Crippen MR) is 86.9 cm³/mol. The highest BCUT2D eigenvalue weighted by Gasteiger charge is 2.17. The summed E-state index contributed by atoms with van der Waals surface area (Å²) in [4.78, 5) is 25.7. The van der Waals surface area contributed by atoms with E-state index in [0.29, 0.717) is 17.7 Å². The van der Waals surface area contributed by atoms with Crippen LogP contribution < -0.4 is 5.32 Å². The van der Waals surface area contributed by atoms with Gasteiger partial charge in [-0.25, -0.2) is 0 Å². The van der Waals surface area contributed by atoms with Crippen LogP contribution in [0, 0.1) is 5.41 Å². The van der Waals surface area contributed by atoms with E-state index in [0.717, 1.165) is 0 Å². The van der Waals surface area contributed by atoms with Crippen LogP contribution in [-0.4, -0.2) is 48.1 Å². The van der Waals surface area contributed by atoms with Crippen LogP contribution in [0.5, 0.6) is 0 Å². The van der Waals surface area contributed by atoms with Crippen molar-refractivity contribution < 1.29 is 14.7 Å². The van der Waals surface area contributed by atoms with Gasteiger partial charge in [0.05, 0.1) is 12.6 Å². The maximum Gasteiger partial charge on any atom is 0.253 e. The highest BCUT2D eigenvalue weighted by atomic mass is 16.3. The average Bonchev–Trinajstić information content (AvgIpc) is 2.49. The Bertz CT molecular complexity index is 518. The van der Waals surface area contributed by atoms with Crippen molar-refractivity contribution in [2.75, 3.05) is 20.2 Å². The molecule has 0 saturated carbocycles. The fourth-order valence-electron chi connectivity index (χ4n) is 1.74. The largest absolute Gasteiger partial charge is 0.394 e. The van der Waals surface area contributed by atoms with Crippen molar-refractivity contribution in [1.29, 1.82) is 0 Å². The van der Waals surface area contributed by atoms with Crippen LogP contribution in [0.4, 0.5) is 0 Å². The van der Waals surface area contributed by atoms with Gasteiger partial charge in [-0.05, 0) is 36.6 Å². The van der Waals surface area contributed by atoms with Crippen molar-refractivity contribution in [3.63, 3.8) is 0 Å². The van der Waals surface area contributed by atoms with Gasteiger partial charge >= 0.3 is 0 Å². The van der Waals surface area contributed by atoms with Crippen LogP contribution in [-0.2, 0) is 0 Å². The third-order valence-corrected chi connectivity index (χ3v) is 3.42. The molecule has 1 unspecified atom stereocenters. The lowest BCUT2D eigenvalue weighted by Gasteiger charge is -2.23. The molecule has 5 nitrogen and oxygen atoms in total. The Morgan fingerprint density at radius 3 is 2.14 bits per heavy atom. The van der Waals surface area contributed by atoms with E-state index < -0.39 is 0 Å². The highest BCUT2D eigenvalue weighted by molar-refractivity contribution is 5.97. The Labute approximate surface area is 132 Å². The number of rotatable bonds is 5. The average molecular weight is 306 g/mol. The second-order valence-electron chi connectivity index (χ2n) is 6.77.